The summed E-state index contributed by atoms with van der Waals surface area (Å²) in [6.45, 7) is 3.90. The van der Waals surface area contributed by atoms with Crippen LogP contribution in [-0.4, -0.2) is 95.9 Å². The van der Waals surface area contributed by atoms with Crippen molar-refractivity contribution >= 4 is 17.6 Å². The molecule has 0 spiro atoms. The Kier molecular flexibility index (Phi) is 14.3. The van der Waals surface area contributed by atoms with Crippen molar-refractivity contribution < 1.29 is 50.1 Å². The SMILES string of the molecule is Cc1cccc(C(=O)NCCCN(CCCCN(CCCCC(=O)c2cccc(O)c2O)C(=O)c2cccc(O)c2O)Cc2cccc(O)c2O)c1O. The summed E-state index contributed by atoms with van der Waals surface area (Å²) in [7, 11) is 0. The van der Waals surface area contributed by atoms with Gasteiger partial charge in [0.15, 0.2) is 40.3 Å². The van der Waals surface area contributed by atoms with Crippen LogP contribution in [0.25, 0.3) is 0 Å². The maximum atomic E-state index is 13.6. The highest BCUT2D eigenvalue weighted by atomic mass is 16.3. The number of hydrogen-bond donors (Lipinski definition) is 8. The van der Waals surface area contributed by atoms with E-state index in [4.69, 9.17) is 0 Å². The van der Waals surface area contributed by atoms with Crippen LogP contribution in [0.15, 0.2) is 72.8 Å². The number of aryl methyl sites for hydroxylation is 1. The minimum Gasteiger partial charge on any atom is -0.507 e. The van der Waals surface area contributed by atoms with E-state index in [2.05, 4.69) is 10.2 Å². The first-order valence-electron chi connectivity index (χ1n) is 17.5. The summed E-state index contributed by atoms with van der Waals surface area (Å²) in [5, 5.41) is 73.8. The number of para-hydroxylation sites is 4. The molecule has 282 valence electrons. The highest BCUT2D eigenvalue weighted by molar-refractivity contribution is 5.99. The number of nitrogens with one attached hydrogen (secondary N) is 1. The molecule has 0 saturated heterocycles. The first kappa shape index (κ1) is 39.8. The molecule has 0 aliphatic carbocycles. The quantitative estimate of drug-likeness (QED) is 0.0342. The molecule has 0 aliphatic heterocycles. The Labute approximate surface area is 308 Å². The van der Waals surface area contributed by atoms with E-state index in [1.807, 2.05) is 0 Å². The molecule has 2 amide bonds. The number of carbonyl (C=O) groups excluding carboxylic acids is 3. The standard InChI is InChI=1S/C40H47N3O10/c1-26-11-6-14-29(35(26)48)39(52)41-20-10-22-42(25-27-12-7-17-32(45)36(27)49)21-4-5-24-43(40(53)30-15-9-19-34(47)38(30)51)23-3-2-16-31(44)28-13-8-18-33(46)37(28)50/h6-9,11-15,17-19,45-51H,2-5,10,16,20-25H2,1H3,(H,41,52). The lowest BCUT2D eigenvalue weighted by atomic mass is 10.0. The Morgan fingerprint density at radius 1 is 0.566 bits per heavy atom. The molecule has 53 heavy (non-hydrogen) atoms. The van der Waals surface area contributed by atoms with Crippen LogP contribution in [0.5, 0.6) is 40.2 Å². The summed E-state index contributed by atoms with van der Waals surface area (Å²) >= 11 is 0. The monoisotopic (exact) mass is 729 g/mol. The van der Waals surface area contributed by atoms with E-state index in [1.165, 1.54) is 42.5 Å². The molecule has 0 unspecified atom stereocenters. The zero-order valence-electron chi connectivity index (χ0n) is 29.7. The molecule has 8 N–H and O–H groups in total. The maximum Gasteiger partial charge on any atom is 0.257 e. The van der Waals surface area contributed by atoms with Gasteiger partial charge in [-0.3, -0.25) is 19.3 Å². The number of hydrogen-bond acceptors (Lipinski definition) is 11. The summed E-state index contributed by atoms with van der Waals surface area (Å²) in [4.78, 5) is 42.5. The Morgan fingerprint density at radius 3 is 1.79 bits per heavy atom. The predicted octanol–water partition coefficient (Wildman–Crippen LogP) is 5.53. The van der Waals surface area contributed by atoms with E-state index in [0.29, 0.717) is 69.4 Å². The molecule has 13 nitrogen and oxygen atoms in total. The van der Waals surface area contributed by atoms with Crippen LogP contribution in [0.4, 0.5) is 0 Å². The molecule has 0 heterocycles. The van der Waals surface area contributed by atoms with Gasteiger partial charge in [-0.05, 0) is 87.5 Å². The smallest absolute Gasteiger partial charge is 0.257 e. The molecular weight excluding hydrogens is 682 g/mol. The second-order valence-electron chi connectivity index (χ2n) is 12.9. The van der Waals surface area contributed by atoms with Crippen molar-refractivity contribution in [2.24, 2.45) is 0 Å². The number of amides is 2. The van der Waals surface area contributed by atoms with Gasteiger partial charge in [-0.25, -0.2) is 0 Å². The lowest BCUT2D eigenvalue weighted by molar-refractivity contribution is 0.0743. The van der Waals surface area contributed by atoms with Crippen LogP contribution < -0.4 is 5.32 Å². The van der Waals surface area contributed by atoms with Crippen molar-refractivity contribution in [1.29, 1.82) is 0 Å². The third-order valence-corrected chi connectivity index (χ3v) is 8.99. The summed E-state index contributed by atoms with van der Waals surface area (Å²) in [5.74, 6) is -3.59. The summed E-state index contributed by atoms with van der Waals surface area (Å²) in [6.07, 6.45) is 2.55. The number of Topliss-reactive ketones (excluding diaryl/α,β-unsaturated/α-hetero) is 1. The molecule has 0 radical (unpaired) electrons. The van der Waals surface area contributed by atoms with Gasteiger partial charge in [-0.15, -0.1) is 0 Å². The zero-order chi connectivity index (χ0) is 38.5. The average molecular weight is 730 g/mol. The van der Waals surface area contributed by atoms with Crippen LogP contribution >= 0.6 is 0 Å². The number of aromatic hydroxyl groups is 7. The van der Waals surface area contributed by atoms with Crippen LogP contribution in [0.2, 0.25) is 0 Å². The number of rotatable bonds is 19. The number of ketones is 1. The molecule has 0 bridgehead atoms. The van der Waals surface area contributed by atoms with Gasteiger partial charge in [0.2, 0.25) is 0 Å². The Bertz CT molecular complexity index is 1900. The van der Waals surface area contributed by atoms with Gasteiger partial charge in [-0.1, -0.05) is 36.4 Å². The highest BCUT2D eigenvalue weighted by Crippen LogP contribution is 2.32. The van der Waals surface area contributed by atoms with Crippen molar-refractivity contribution in [2.75, 3.05) is 32.7 Å². The molecule has 0 aromatic heterocycles. The van der Waals surface area contributed by atoms with Gasteiger partial charge in [0.05, 0.1) is 16.7 Å². The number of phenols is 7. The Hall–Kier alpha value is -5.95. The average Bonchev–Trinajstić information content (AvgIpc) is 3.14. The highest BCUT2D eigenvalue weighted by Gasteiger charge is 2.22. The largest absolute Gasteiger partial charge is 0.507 e. The van der Waals surface area contributed by atoms with Gasteiger partial charge in [-0.2, -0.15) is 0 Å². The van der Waals surface area contributed by atoms with E-state index < -0.39 is 29.1 Å². The van der Waals surface area contributed by atoms with Crippen LogP contribution in [0.3, 0.4) is 0 Å². The van der Waals surface area contributed by atoms with Crippen LogP contribution in [0.1, 0.15) is 80.7 Å². The fourth-order valence-electron chi connectivity index (χ4n) is 5.96. The molecule has 0 atom stereocenters. The van der Waals surface area contributed by atoms with E-state index in [0.717, 1.165) is 0 Å². The molecule has 0 saturated carbocycles. The normalized spacial score (nSPS) is 11.1. The minimum atomic E-state index is -0.529. The van der Waals surface area contributed by atoms with E-state index in [9.17, 15) is 50.1 Å². The second kappa shape index (κ2) is 19.0. The van der Waals surface area contributed by atoms with Crippen LogP contribution in [-0.2, 0) is 6.54 Å². The molecular formula is C40H47N3O10. The number of phenolic OH excluding ortho intramolecular Hbond substituents is 7. The molecule has 0 fully saturated rings. The molecule has 4 aromatic carbocycles. The van der Waals surface area contributed by atoms with Crippen LogP contribution in [0, 0.1) is 6.92 Å². The van der Waals surface area contributed by atoms with E-state index >= 15 is 0 Å². The second-order valence-corrected chi connectivity index (χ2v) is 12.9. The van der Waals surface area contributed by atoms with Gasteiger partial charge in [0, 0.05) is 44.7 Å². The van der Waals surface area contributed by atoms with Gasteiger partial charge >= 0.3 is 0 Å². The van der Waals surface area contributed by atoms with Crippen molar-refractivity contribution in [3.63, 3.8) is 0 Å². The lowest BCUT2D eigenvalue weighted by Crippen LogP contribution is -2.34. The van der Waals surface area contributed by atoms with E-state index in [1.54, 1.807) is 42.2 Å². The number of carbonyl (C=O) groups is 3. The summed E-state index contributed by atoms with van der Waals surface area (Å²) in [5.41, 5.74) is 1.25. The maximum absolute atomic E-state index is 13.6. The minimum absolute atomic E-state index is 0.0131. The third-order valence-electron chi connectivity index (χ3n) is 8.99. The zero-order valence-corrected chi connectivity index (χ0v) is 29.7. The molecule has 4 rings (SSSR count). The summed E-state index contributed by atoms with van der Waals surface area (Å²) in [6, 6.07) is 18.0. The Balaban J connectivity index is 1.37. The molecule has 13 heteroatoms. The van der Waals surface area contributed by atoms with Crippen molar-refractivity contribution in [1.82, 2.24) is 15.1 Å². The predicted molar refractivity (Wildman–Crippen MR) is 198 cm³/mol. The van der Waals surface area contributed by atoms with Gasteiger partial charge < -0.3 is 46.0 Å². The topological polar surface area (TPSA) is 211 Å². The first-order chi connectivity index (χ1) is 25.4. The third kappa shape index (κ3) is 10.8. The van der Waals surface area contributed by atoms with Crippen molar-refractivity contribution in [3.8, 4) is 40.2 Å². The van der Waals surface area contributed by atoms with Crippen molar-refractivity contribution in [2.45, 2.75) is 52.0 Å². The number of unbranched alkanes of at least 4 members (excludes halogenated alkanes) is 2. The fourth-order valence-corrected chi connectivity index (χ4v) is 5.96. The van der Waals surface area contributed by atoms with Gasteiger partial charge in [0.25, 0.3) is 11.8 Å². The summed E-state index contributed by atoms with van der Waals surface area (Å²) < 4.78 is 0. The Morgan fingerprint density at radius 2 is 1.09 bits per heavy atom. The van der Waals surface area contributed by atoms with Gasteiger partial charge in [0.1, 0.15) is 5.75 Å². The van der Waals surface area contributed by atoms with Crippen molar-refractivity contribution in [3.05, 3.63) is 101 Å². The lowest BCUT2D eigenvalue weighted by Gasteiger charge is -2.26. The number of nitrogens with zero attached hydrogens (tertiary/aromatic N) is 2. The fraction of sp³-hybridized carbons (Fsp3) is 0.325. The number of benzene rings is 4. The van der Waals surface area contributed by atoms with E-state index in [-0.39, 0.29) is 65.0 Å². The molecule has 0 aliphatic rings. The molecule has 4 aromatic rings. The first-order valence-corrected chi connectivity index (χ1v) is 17.5.